The number of benzene rings is 2. The summed E-state index contributed by atoms with van der Waals surface area (Å²) in [6.07, 6.45) is 2.23. The standard InChI is InChI=1S/C28H29N3O5S/c1-17-25(27(33)36-15-18-7-5-4-6-8-18)26(19-9-12-22(34-2)23(13-19)35-3)31-21(16-37-28(31)29-17)14-24(32)30-20-10-11-20/h4-9,12-13,16,20,26H,10-11,14-15H2,1-3H3,(H,30,32)/t26-/m1/s1. The maximum atomic E-state index is 13.6. The molecule has 1 aliphatic carbocycles. The molecule has 192 valence electrons. The van der Waals surface area contributed by atoms with E-state index >= 15 is 0 Å². The molecular formula is C28H29N3O5S. The lowest BCUT2D eigenvalue weighted by Gasteiger charge is -2.36. The fourth-order valence-electron chi connectivity index (χ4n) is 4.44. The van der Waals surface area contributed by atoms with Crippen molar-refractivity contribution in [3.05, 3.63) is 82.0 Å². The molecule has 2 aromatic carbocycles. The normalized spacial score (nSPS) is 18.6. The Morgan fingerprint density at radius 2 is 1.84 bits per heavy atom. The minimum atomic E-state index is -0.550. The van der Waals surface area contributed by atoms with E-state index in [1.54, 1.807) is 14.2 Å². The van der Waals surface area contributed by atoms with E-state index in [2.05, 4.69) is 5.32 Å². The van der Waals surface area contributed by atoms with Gasteiger partial charge in [-0.25, -0.2) is 9.79 Å². The first-order valence-electron chi connectivity index (χ1n) is 12.1. The van der Waals surface area contributed by atoms with E-state index in [1.165, 1.54) is 11.8 Å². The molecule has 0 unspecified atom stereocenters. The highest BCUT2D eigenvalue weighted by Crippen LogP contribution is 2.46. The predicted octanol–water partition coefficient (Wildman–Crippen LogP) is 4.69. The van der Waals surface area contributed by atoms with E-state index in [0.29, 0.717) is 27.9 Å². The van der Waals surface area contributed by atoms with Crippen LogP contribution in [0.4, 0.5) is 0 Å². The topological polar surface area (TPSA) is 89.5 Å². The van der Waals surface area contributed by atoms with Gasteiger partial charge in [0.25, 0.3) is 0 Å². The van der Waals surface area contributed by atoms with Crippen LogP contribution in [0.1, 0.15) is 43.4 Å². The van der Waals surface area contributed by atoms with Crippen molar-refractivity contribution in [3.63, 3.8) is 0 Å². The van der Waals surface area contributed by atoms with Crippen molar-refractivity contribution in [1.29, 1.82) is 0 Å². The highest BCUT2D eigenvalue weighted by molar-refractivity contribution is 8.16. The summed E-state index contributed by atoms with van der Waals surface area (Å²) < 4.78 is 16.8. The number of nitrogens with one attached hydrogen (secondary N) is 1. The van der Waals surface area contributed by atoms with Crippen LogP contribution >= 0.6 is 11.8 Å². The molecule has 1 saturated carbocycles. The summed E-state index contributed by atoms with van der Waals surface area (Å²) in [6.45, 7) is 1.96. The maximum Gasteiger partial charge on any atom is 0.338 e. The summed E-state index contributed by atoms with van der Waals surface area (Å²) >= 11 is 1.45. The molecule has 0 saturated heterocycles. The number of esters is 1. The van der Waals surface area contributed by atoms with Crippen LogP contribution in [0.15, 0.2) is 75.9 Å². The molecule has 0 aromatic heterocycles. The van der Waals surface area contributed by atoms with Crippen LogP contribution in [0.2, 0.25) is 0 Å². The third kappa shape index (κ3) is 5.36. The van der Waals surface area contributed by atoms with E-state index in [1.807, 2.05) is 65.8 Å². The van der Waals surface area contributed by atoms with Gasteiger partial charge >= 0.3 is 5.97 Å². The summed E-state index contributed by atoms with van der Waals surface area (Å²) in [5, 5.41) is 5.70. The molecule has 5 rings (SSSR count). The van der Waals surface area contributed by atoms with Crippen molar-refractivity contribution in [3.8, 4) is 11.5 Å². The molecule has 2 aliphatic heterocycles. The molecule has 1 N–H and O–H groups in total. The molecule has 8 nitrogen and oxygen atoms in total. The van der Waals surface area contributed by atoms with Gasteiger partial charge < -0.3 is 24.4 Å². The van der Waals surface area contributed by atoms with E-state index in [-0.39, 0.29) is 25.0 Å². The monoisotopic (exact) mass is 519 g/mol. The van der Waals surface area contributed by atoms with Crippen LogP contribution in [0.5, 0.6) is 11.5 Å². The molecule has 2 heterocycles. The van der Waals surface area contributed by atoms with Gasteiger partial charge in [-0.1, -0.05) is 48.2 Å². The third-order valence-electron chi connectivity index (χ3n) is 6.44. The van der Waals surface area contributed by atoms with Crippen molar-refractivity contribution < 1.29 is 23.8 Å². The van der Waals surface area contributed by atoms with Crippen molar-refractivity contribution in [2.75, 3.05) is 14.2 Å². The number of carbonyl (C=O) groups is 2. The molecule has 1 atom stereocenters. The van der Waals surface area contributed by atoms with Gasteiger partial charge in [0, 0.05) is 11.7 Å². The second-order valence-electron chi connectivity index (χ2n) is 9.09. The molecule has 1 fully saturated rings. The molecule has 2 aromatic rings. The number of allylic oxidation sites excluding steroid dienone is 1. The Kier molecular flexibility index (Phi) is 7.23. The van der Waals surface area contributed by atoms with Gasteiger partial charge in [-0.3, -0.25) is 4.79 Å². The molecule has 0 radical (unpaired) electrons. The molecule has 0 bridgehead atoms. The van der Waals surface area contributed by atoms with E-state index in [4.69, 9.17) is 19.2 Å². The fourth-order valence-corrected chi connectivity index (χ4v) is 5.41. The first kappa shape index (κ1) is 25.0. The zero-order valence-electron chi connectivity index (χ0n) is 21.0. The number of ether oxygens (including phenoxy) is 3. The number of carbonyl (C=O) groups excluding carboxylic acids is 2. The highest BCUT2D eigenvalue weighted by atomic mass is 32.2. The number of hydrogen-bond donors (Lipinski definition) is 1. The number of fused-ring (bicyclic) bond motifs is 1. The minimum Gasteiger partial charge on any atom is -0.493 e. The smallest absolute Gasteiger partial charge is 0.338 e. The molecule has 3 aliphatic rings. The Hall–Kier alpha value is -3.72. The Labute approximate surface area is 220 Å². The van der Waals surface area contributed by atoms with Crippen LogP contribution in [0.25, 0.3) is 0 Å². The number of aliphatic imine (C=N–C) groups is 1. The number of amides is 1. The van der Waals surface area contributed by atoms with Gasteiger partial charge in [-0.15, -0.1) is 0 Å². The van der Waals surface area contributed by atoms with Gasteiger partial charge in [-0.2, -0.15) is 0 Å². The number of nitrogens with zero attached hydrogens (tertiary/aromatic N) is 2. The second kappa shape index (κ2) is 10.7. The fraction of sp³-hybridized carbons (Fsp3) is 0.321. The Morgan fingerprint density at radius 1 is 1.08 bits per heavy atom. The van der Waals surface area contributed by atoms with E-state index in [0.717, 1.165) is 29.7 Å². The summed E-state index contributed by atoms with van der Waals surface area (Å²) in [6, 6.07) is 14.8. The number of thioether (sulfide) groups is 1. The van der Waals surface area contributed by atoms with E-state index < -0.39 is 12.0 Å². The van der Waals surface area contributed by atoms with Gasteiger partial charge in [-0.05, 0) is 48.4 Å². The lowest BCUT2D eigenvalue weighted by molar-refractivity contribution is -0.141. The Bertz CT molecular complexity index is 1300. The number of hydrogen-bond acceptors (Lipinski definition) is 8. The number of amidine groups is 1. The molecule has 1 amide bonds. The van der Waals surface area contributed by atoms with Crippen LogP contribution in [-0.4, -0.2) is 42.2 Å². The summed E-state index contributed by atoms with van der Waals surface area (Å²) in [4.78, 5) is 33.0. The average Bonchev–Trinajstić information content (AvgIpc) is 3.64. The second-order valence-corrected chi connectivity index (χ2v) is 9.92. The first-order chi connectivity index (χ1) is 18.0. The van der Waals surface area contributed by atoms with Crippen LogP contribution in [-0.2, 0) is 20.9 Å². The highest BCUT2D eigenvalue weighted by Gasteiger charge is 2.41. The van der Waals surface area contributed by atoms with Crippen LogP contribution in [0, 0.1) is 0 Å². The number of rotatable bonds is 9. The number of methoxy groups -OCH3 is 2. The Morgan fingerprint density at radius 3 is 2.54 bits per heavy atom. The maximum absolute atomic E-state index is 13.6. The van der Waals surface area contributed by atoms with Crippen molar-refractivity contribution in [2.45, 2.75) is 44.9 Å². The zero-order chi connectivity index (χ0) is 25.9. The molecule has 37 heavy (non-hydrogen) atoms. The quantitative estimate of drug-likeness (QED) is 0.481. The summed E-state index contributed by atoms with van der Waals surface area (Å²) in [5.74, 6) is 0.631. The molecular weight excluding hydrogens is 490 g/mol. The lowest BCUT2D eigenvalue weighted by atomic mass is 9.93. The minimum absolute atomic E-state index is 0.0406. The van der Waals surface area contributed by atoms with Gasteiger partial charge in [0.2, 0.25) is 5.91 Å². The van der Waals surface area contributed by atoms with Gasteiger partial charge in [0.05, 0.1) is 38.0 Å². The predicted molar refractivity (Wildman–Crippen MR) is 142 cm³/mol. The third-order valence-corrected chi connectivity index (χ3v) is 7.33. The van der Waals surface area contributed by atoms with Gasteiger partial charge in [0.15, 0.2) is 16.7 Å². The van der Waals surface area contributed by atoms with E-state index in [9.17, 15) is 9.59 Å². The van der Waals surface area contributed by atoms with Crippen LogP contribution in [0.3, 0.4) is 0 Å². The molecule has 9 heteroatoms. The SMILES string of the molecule is COc1ccc([C@@H]2C(C(=O)OCc3ccccc3)=C(C)N=C3SC=C(CC(=O)NC4CC4)N32)cc1OC. The average molecular weight is 520 g/mol. The lowest BCUT2D eigenvalue weighted by Crippen LogP contribution is -2.38. The van der Waals surface area contributed by atoms with Crippen molar-refractivity contribution in [1.82, 2.24) is 10.2 Å². The van der Waals surface area contributed by atoms with Crippen molar-refractivity contribution >= 4 is 28.8 Å². The zero-order valence-corrected chi connectivity index (χ0v) is 21.8. The van der Waals surface area contributed by atoms with Crippen LogP contribution < -0.4 is 14.8 Å². The van der Waals surface area contributed by atoms with Gasteiger partial charge in [0.1, 0.15) is 6.61 Å². The first-order valence-corrected chi connectivity index (χ1v) is 13.0. The largest absolute Gasteiger partial charge is 0.493 e. The summed E-state index contributed by atoms with van der Waals surface area (Å²) in [5.41, 5.74) is 3.47. The Balaban J connectivity index is 1.50. The van der Waals surface area contributed by atoms with Crippen molar-refractivity contribution in [2.24, 2.45) is 4.99 Å². The summed E-state index contributed by atoms with van der Waals surface area (Å²) in [7, 11) is 3.15. The molecule has 0 spiro atoms.